The Hall–Kier alpha value is -3.42. The van der Waals surface area contributed by atoms with E-state index in [-0.39, 0.29) is 0 Å². The van der Waals surface area contributed by atoms with Crippen molar-refractivity contribution >= 4 is 35.9 Å². The van der Waals surface area contributed by atoms with Crippen LogP contribution in [0.1, 0.15) is 132 Å². The Bertz CT molecular complexity index is 1040. The maximum Gasteiger partial charge on any atom is 0.409 e. The van der Waals surface area contributed by atoms with Gasteiger partial charge in [0, 0.05) is 27.7 Å². The summed E-state index contributed by atoms with van der Waals surface area (Å²) in [6.07, 6.45) is 3.65. The van der Waals surface area contributed by atoms with E-state index in [0.717, 1.165) is 53.4 Å². The predicted molar refractivity (Wildman–Crippen MR) is 174 cm³/mol. The van der Waals surface area contributed by atoms with Crippen LogP contribution in [0, 0.1) is 0 Å². The summed E-state index contributed by atoms with van der Waals surface area (Å²) >= 11 is 0. The number of alkyl carbamates (subject to hydrolysis) is 1. The van der Waals surface area contributed by atoms with E-state index in [1.165, 1.54) is 38.5 Å². The van der Waals surface area contributed by atoms with Gasteiger partial charge in [0.1, 0.15) is 24.5 Å². The van der Waals surface area contributed by atoms with Gasteiger partial charge in [0.15, 0.2) is 24.4 Å². The van der Waals surface area contributed by atoms with Crippen molar-refractivity contribution < 1.29 is 57.2 Å². The molecule has 1 fully saturated rings. The van der Waals surface area contributed by atoms with Crippen LogP contribution in [0.5, 0.6) is 0 Å². The molecule has 276 valence electrons. The molecule has 1 aliphatic heterocycles. The highest BCUT2D eigenvalue weighted by molar-refractivity contribution is 5.83. The van der Waals surface area contributed by atoms with E-state index in [9.17, 15) is 28.8 Å². The van der Waals surface area contributed by atoms with Gasteiger partial charge in [0.2, 0.25) is 0 Å². The zero-order valence-corrected chi connectivity index (χ0v) is 30.1. The molecule has 0 radical (unpaired) electrons. The molecule has 48 heavy (non-hydrogen) atoms. The third-order valence-electron chi connectivity index (χ3n) is 7.35. The van der Waals surface area contributed by atoms with Gasteiger partial charge >= 0.3 is 30.0 Å². The molecule has 0 unspecified atom stereocenters. The van der Waals surface area contributed by atoms with Crippen molar-refractivity contribution in [1.29, 1.82) is 0 Å². The number of unbranched alkanes of at least 4 members (excludes halogenated alkanes) is 10. The highest BCUT2D eigenvalue weighted by atomic mass is 16.7. The van der Waals surface area contributed by atoms with Crippen LogP contribution in [0.2, 0.25) is 0 Å². The molecule has 0 saturated carbocycles. The third kappa shape index (κ3) is 18.2. The number of carbonyl (C=O) groups is 6. The van der Waals surface area contributed by atoms with Gasteiger partial charge in [-0.05, 0) is 33.6 Å². The number of amides is 2. The minimum Gasteiger partial charge on any atom is -0.463 e. The average Bonchev–Trinajstić information content (AvgIpc) is 2.95. The van der Waals surface area contributed by atoms with Gasteiger partial charge in [-0.1, -0.05) is 71.1 Å². The Kier molecular flexibility index (Phi) is 19.8. The lowest BCUT2D eigenvalue weighted by Gasteiger charge is -2.44. The van der Waals surface area contributed by atoms with Crippen LogP contribution >= 0.6 is 0 Å². The number of esters is 4. The molecule has 1 heterocycles. The molecule has 2 N–H and O–H groups in total. The van der Waals surface area contributed by atoms with Crippen molar-refractivity contribution in [2.24, 2.45) is 0 Å². The highest BCUT2D eigenvalue weighted by Crippen LogP contribution is 2.30. The highest BCUT2D eigenvalue weighted by Gasteiger charge is 2.54. The van der Waals surface area contributed by atoms with E-state index in [1.807, 2.05) is 0 Å². The summed E-state index contributed by atoms with van der Waals surface area (Å²) in [4.78, 5) is 74.5. The summed E-state index contributed by atoms with van der Waals surface area (Å²) < 4.78 is 32.6. The van der Waals surface area contributed by atoms with Crippen LogP contribution < -0.4 is 10.6 Å². The first-order valence-corrected chi connectivity index (χ1v) is 17.1. The van der Waals surface area contributed by atoms with Crippen LogP contribution in [0.15, 0.2) is 0 Å². The fraction of sp³-hybridized carbons (Fsp3) is 0.824. The van der Waals surface area contributed by atoms with Gasteiger partial charge in [-0.15, -0.1) is 0 Å². The monoisotopic (exact) mass is 686 g/mol. The van der Waals surface area contributed by atoms with E-state index in [2.05, 4.69) is 17.6 Å². The minimum absolute atomic E-state index is 0.354. The maximum atomic E-state index is 13.8. The largest absolute Gasteiger partial charge is 0.463 e. The van der Waals surface area contributed by atoms with E-state index < -0.39 is 84.8 Å². The van der Waals surface area contributed by atoms with Gasteiger partial charge in [0.05, 0.1) is 0 Å². The second-order valence-electron chi connectivity index (χ2n) is 13.2. The summed E-state index contributed by atoms with van der Waals surface area (Å²) in [5.74, 6) is -3.94. The molecule has 1 saturated heterocycles. The smallest absolute Gasteiger partial charge is 0.409 e. The average molecular weight is 687 g/mol. The number of carbonyl (C=O) groups excluding carboxylic acids is 6. The van der Waals surface area contributed by atoms with Crippen molar-refractivity contribution in [3.63, 3.8) is 0 Å². The van der Waals surface area contributed by atoms with Crippen molar-refractivity contribution in [3.05, 3.63) is 0 Å². The Labute approximate surface area is 285 Å². The molecule has 6 atom stereocenters. The molecule has 0 aromatic heterocycles. The second kappa shape index (κ2) is 22.3. The number of nitrogens with one attached hydrogen (secondary N) is 2. The van der Waals surface area contributed by atoms with E-state index in [1.54, 1.807) is 20.8 Å². The first kappa shape index (κ1) is 42.6. The quantitative estimate of drug-likeness (QED) is 0.0775. The molecule has 0 aromatic rings. The lowest BCUT2D eigenvalue weighted by atomic mass is 9.93. The van der Waals surface area contributed by atoms with Crippen molar-refractivity contribution in [2.45, 2.75) is 175 Å². The summed E-state index contributed by atoms with van der Waals surface area (Å²) in [5.41, 5.74) is -0.797. The third-order valence-corrected chi connectivity index (χ3v) is 7.35. The molecule has 14 nitrogen and oxygen atoms in total. The van der Waals surface area contributed by atoms with Crippen LogP contribution in [-0.2, 0) is 52.4 Å². The lowest BCUT2D eigenvalue weighted by molar-refractivity contribution is -0.249. The first-order chi connectivity index (χ1) is 22.5. The lowest BCUT2D eigenvalue weighted by Crippen LogP contribution is -2.66. The molecule has 0 aromatic carbocycles. The van der Waals surface area contributed by atoms with E-state index >= 15 is 0 Å². The normalized spacial score (nSPS) is 21.3. The van der Waals surface area contributed by atoms with E-state index in [4.69, 9.17) is 28.4 Å². The number of ether oxygens (including phenoxy) is 6. The van der Waals surface area contributed by atoms with Crippen molar-refractivity contribution in [2.75, 3.05) is 6.61 Å². The Balaban J connectivity index is 3.14. The Morgan fingerprint density at radius 1 is 0.646 bits per heavy atom. The topological polar surface area (TPSA) is 182 Å². The number of hydrogen-bond acceptors (Lipinski definition) is 12. The first-order valence-electron chi connectivity index (χ1n) is 17.1. The van der Waals surface area contributed by atoms with Gasteiger partial charge in [-0.2, -0.15) is 0 Å². The zero-order chi connectivity index (χ0) is 36.3. The SMILES string of the molecule is CCCCCCCCCCCCC[C@@H](NC(=O)OC(C)(C)C)NC(=O)[C@H]1O[C@H](COC(C)=O)[C@@H](OC(C)=O)[C@H](OC(C)=O)[C@H]1OC(C)=O. The number of hydrogen-bond donors (Lipinski definition) is 2. The molecule has 0 bridgehead atoms. The molecule has 2 amide bonds. The van der Waals surface area contributed by atoms with Gasteiger partial charge < -0.3 is 39.1 Å². The fourth-order valence-electron chi connectivity index (χ4n) is 5.34. The summed E-state index contributed by atoms with van der Waals surface area (Å²) in [7, 11) is 0. The van der Waals surface area contributed by atoms with Gasteiger partial charge in [-0.25, -0.2) is 4.79 Å². The number of rotatable bonds is 20. The van der Waals surface area contributed by atoms with Gasteiger partial charge in [-0.3, -0.25) is 24.0 Å². The minimum atomic E-state index is -1.62. The maximum absolute atomic E-state index is 13.8. The predicted octanol–water partition coefficient (Wildman–Crippen LogP) is 4.78. The summed E-state index contributed by atoms with van der Waals surface area (Å²) in [6.45, 7) is 11.3. The molecule has 14 heteroatoms. The van der Waals surface area contributed by atoms with Crippen molar-refractivity contribution in [3.8, 4) is 0 Å². The Morgan fingerprint density at radius 3 is 1.60 bits per heavy atom. The van der Waals surface area contributed by atoms with Crippen LogP contribution in [0.4, 0.5) is 4.79 Å². The van der Waals surface area contributed by atoms with Crippen LogP contribution in [-0.4, -0.2) is 84.8 Å². The van der Waals surface area contributed by atoms with Crippen molar-refractivity contribution in [1.82, 2.24) is 10.6 Å². The Morgan fingerprint density at radius 2 is 1.12 bits per heavy atom. The molecule has 0 spiro atoms. The fourth-order valence-corrected chi connectivity index (χ4v) is 5.34. The molecule has 1 rings (SSSR count). The molecule has 0 aliphatic carbocycles. The second-order valence-corrected chi connectivity index (χ2v) is 13.2. The summed E-state index contributed by atoms with van der Waals surface area (Å²) in [6, 6.07) is 0. The van der Waals surface area contributed by atoms with Gasteiger partial charge in [0.25, 0.3) is 5.91 Å². The molecular formula is C34H58N2O12. The molecule has 1 aliphatic rings. The zero-order valence-electron chi connectivity index (χ0n) is 30.1. The van der Waals surface area contributed by atoms with Crippen LogP contribution in [0.25, 0.3) is 0 Å². The summed E-state index contributed by atoms with van der Waals surface area (Å²) in [5, 5.41) is 5.42. The van der Waals surface area contributed by atoms with Crippen LogP contribution in [0.3, 0.4) is 0 Å². The standard InChI is InChI=1S/C34H58N2O12/c1-9-10-11-12-13-14-15-16-17-18-19-20-27(36-33(42)48-34(6,7)8)35-32(41)31-30(46-25(5)40)29(45-24(4)39)28(44-23(3)38)26(47-31)21-43-22(2)37/h26-31H,9-21H2,1-8H3,(H,35,41)(H,36,42)/t26-,27-,28-,29+,30-,31+/m1/s1. The molecular weight excluding hydrogens is 628 g/mol. The van der Waals surface area contributed by atoms with E-state index in [0.29, 0.717) is 12.8 Å².